The molecular weight excluding hydrogens is 144 g/mol. The second-order valence-electron chi connectivity index (χ2n) is 2.32. The standard InChI is InChI=1S/C7H16O2Si/c1-3-5-7(8)9-10-6-4-2/h3-6,10H2,1-2H3. The Labute approximate surface area is 64.9 Å². The van der Waals surface area contributed by atoms with Crippen LogP contribution in [0.25, 0.3) is 0 Å². The minimum absolute atomic E-state index is 0.00242. The average Bonchev–Trinajstić information content (AvgIpc) is 1.89. The van der Waals surface area contributed by atoms with Crippen molar-refractivity contribution >= 4 is 15.7 Å². The molecule has 2 nitrogen and oxygen atoms in total. The van der Waals surface area contributed by atoms with Crippen LogP contribution in [0.4, 0.5) is 0 Å². The molecule has 0 aromatic heterocycles. The van der Waals surface area contributed by atoms with E-state index in [0.29, 0.717) is 6.42 Å². The van der Waals surface area contributed by atoms with Crippen LogP contribution >= 0.6 is 0 Å². The molecule has 0 aliphatic rings. The maximum absolute atomic E-state index is 10.7. The van der Waals surface area contributed by atoms with Crippen molar-refractivity contribution in [2.24, 2.45) is 0 Å². The molecule has 0 amide bonds. The summed E-state index contributed by atoms with van der Waals surface area (Å²) in [5.74, 6) is 0.00242. The van der Waals surface area contributed by atoms with Gasteiger partial charge >= 0.3 is 0 Å². The summed E-state index contributed by atoms with van der Waals surface area (Å²) in [6, 6.07) is 1.12. The Bertz CT molecular complexity index is 93.6. The molecule has 0 heterocycles. The van der Waals surface area contributed by atoms with Crippen LogP contribution < -0.4 is 0 Å². The van der Waals surface area contributed by atoms with Gasteiger partial charge in [0.15, 0.2) is 0 Å². The zero-order valence-corrected chi connectivity index (χ0v) is 8.27. The molecule has 0 aromatic carbocycles. The molecule has 0 unspecified atom stereocenters. The monoisotopic (exact) mass is 160 g/mol. The molecule has 0 spiro atoms. The molecule has 0 bridgehead atoms. The van der Waals surface area contributed by atoms with E-state index in [9.17, 15) is 4.79 Å². The lowest BCUT2D eigenvalue weighted by atomic mass is 10.4. The molecule has 0 atom stereocenters. The Morgan fingerprint density at radius 2 is 2.10 bits per heavy atom. The quantitative estimate of drug-likeness (QED) is 0.447. The molecule has 0 aliphatic carbocycles. The fourth-order valence-corrected chi connectivity index (χ4v) is 1.41. The summed E-state index contributed by atoms with van der Waals surface area (Å²) >= 11 is 0. The minimum atomic E-state index is -0.506. The van der Waals surface area contributed by atoms with Crippen LogP contribution in [-0.2, 0) is 9.22 Å². The minimum Gasteiger partial charge on any atom is -0.525 e. The van der Waals surface area contributed by atoms with Crippen LogP contribution in [0.2, 0.25) is 6.04 Å². The molecule has 60 valence electrons. The first-order valence-corrected chi connectivity index (χ1v) is 5.54. The van der Waals surface area contributed by atoms with E-state index < -0.39 is 9.76 Å². The summed E-state index contributed by atoms with van der Waals surface area (Å²) < 4.78 is 5.02. The van der Waals surface area contributed by atoms with E-state index in [1.54, 1.807) is 0 Å². The smallest absolute Gasteiger partial charge is 0.292 e. The Balaban J connectivity index is 3.05. The van der Waals surface area contributed by atoms with E-state index >= 15 is 0 Å². The lowest BCUT2D eigenvalue weighted by Crippen LogP contribution is -2.07. The van der Waals surface area contributed by atoms with Crippen LogP contribution in [0.5, 0.6) is 0 Å². The maximum atomic E-state index is 10.7. The fourth-order valence-electron chi connectivity index (χ4n) is 0.607. The summed E-state index contributed by atoms with van der Waals surface area (Å²) in [6.07, 6.45) is 2.64. The zero-order chi connectivity index (χ0) is 7.82. The van der Waals surface area contributed by atoms with Crippen LogP contribution in [0.3, 0.4) is 0 Å². The fraction of sp³-hybridized carbons (Fsp3) is 0.857. The van der Waals surface area contributed by atoms with Crippen molar-refractivity contribution in [3.8, 4) is 0 Å². The molecule has 0 N–H and O–H groups in total. The van der Waals surface area contributed by atoms with Gasteiger partial charge in [-0.3, -0.25) is 4.79 Å². The van der Waals surface area contributed by atoms with Gasteiger partial charge < -0.3 is 4.43 Å². The van der Waals surface area contributed by atoms with Gasteiger partial charge in [-0.05, 0) is 12.5 Å². The summed E-state index contributed by atoms with van der Waals surface area (Å²) in [5, 5.41) is 0. The van der Waals surface area contributed by atoms with Crippen molar-refractivity contribution in [3.05, 3.63) is 0 Å². The van der Waals surface area contributed by atoms with Crippen molar-refractivity contribution in [1.82, 2.24) is 0 Å². The first-order chi connectivity index (χ1) is 4.81. The number of hydrogen-bond donors (Lipinski definition) is 0. The largest absolute Gasteiger partial charge is 0.525 e. The molecule has 3 heteroatoms. The highest BCUT2D eigenvalue weighted by Crippen LogP contribution is 1.92. The topological polar surface area (TPSA) is 26.3 Å². The Morgan fingerprint density at radius 3 is 2.60 bits per heavy atom. The molecular formula is C7H16O2Si. The van der Waals surface area contributed by atoms with Gasteiger partial charge in [-0.15, -0.1) is 0 Å². The SMILES string of the molecule is CCC[SiH2]OC(=O)CCC. The summed E-state index contributed by atoms with van der Waals surface area (Å²) in [5.41, 5.74) is 0. The highest BCUT2D eigenvalue weighted by molar-refractivity contribution is 6.30. The van der Waals surface area contributed by atoms with Gasteiger partial charge in [0.2, 0.25) is 9.76 Å². The van der Waals surface area contributed by atoms with Gasteiger partial charge in [-0.2, -0.15) is 0 Å². The van der Waals surface area contributed by atoms with Gasteiger partial charge in [-0.25, -0.2) is 0 Å². The second-order valence-corrected chi connectivity index (χ2v) is 3.73. The first kappa shape index (κ1) is 9.69. The van der Waals surface area contributed by atoms with Gasteiger partial charge in [0.1, 0.15) is 0 Å². The van der Waals surface area contributed by atoms with E-state index in [0.717, 1.165) is 18.9 Å². The Kier molecular flexibility index (Phi) is 6.59. The van der Waals surface area contributed by atoms with Crippen molar-refractivity contribution in [3.63, 3.8) is 0 Å². The van der Waals surface area contributed by atoms with E-state index in [1.807, 2.05) is 6.92 Å². The maximum Gasteiger partial charge on any atom is 0.292 e. The van der Waals surface area contributed by atoms with Crippen LogP contribution in [-0.4, -0.2) is 15.7 Å². The molecule has 0 saturated carbocycles. The van der Waals surface area contributed by atoms with Gasteiger partial charge in [0.05, 0.1) is 0 Å². The third kappa shape index (κ3) is 5.82. The van der Waals surface area contributed by atoms with Crippen LogP contribution in [0.1, 0.15) is 33.1 Å². The lowest BCUT2D eigenvalue weighted by molar-refractivity contribution is -0.134. The molecule has 0 rings (SSSR count). The highest BCUT2D eigenvalue weighted by atomic mass is 28.2. The molecule has 0 radical (unpaired) electrons. The molecule has 0 aliphatic heterocycles. The lowest BCUT2D eigenvalue weighted by Gasteiger charge is -2.00. The molecule has 0 saturated heterocycles. The molecule has 0 aromatic rings. The Morgan fingerprint density at radius 1 is 1.40 bits per heavy atom. The van der Waals surface area contributed by atoms with Crippen LogP contribution in [0.15, 0.2) is 0 Å². The highest BCUT2D eigenvalue weighted by Gasteiger charge is 1.98. The van der Waals surface area contributed by atoms with E-state index in [-0.39, 0.29) is 5.97 Å². The van der Waals surface area contributed by atoms with E-state index in [2.05, 4.69) is 6.92 Å². The van der Waals surface area contributed by atoms with Crippen LogP contribution in [0, 0.1) is 0 Å². The third-order valence-corrected chi connectivity index (χ3v) is 2.74. The van der Waals surface area contributed by atoms with Gasteiger partial charge in [0, 0.05) is 6.42 Å². The van der Waals surface area contributed by atoms with E-state index in [1.165, 1.54) is 0 Å². The summed E-state index contributed by atoms with van der Waals surface area (Å²) in [6.45, 7) is 4.10. The number of rotatable bonds is 5. The van der Waals surface area contributed by atoms with E-state index in [4.69, 9.17) is 4.43 Å². The summed E-state index contributed by atoms with van der Waals surface area (Å²) in [4.78, 5) is 10.7. The number of carbonyl (C=O) groups excluding carboxylic acids is 1. The number of carbonyl (C=O) groups is 1. The van der Waals surface area contributed by atoms with Crippen molar-refractivity contribution < 1.29 is 9.22 Å². The first-order valence-electron chi connectivity index (χ1n) is 3.96. The average molecular weight is 160 g/mol. The van der Waals surface area contributed by atoms with Crippen molar-refractivity contribution in [1.29, 1.82) is 0 Å². The zero-order valence-electron chi connectivity index (χ0n) is 6.85. The van der Waals surface area contributed by atoms with Gasteiger partial charge in [0.25, 0.3) is 5.97 Å². The predicted molar refractivity (Wildman–Crippen MR) is 44.6 cm³/mol. The molecule has 10 heavy (non-hydrogen) atoms. The van der Waals surface area contributed by atoms with Crippen molar-refractivity contribution in [2.75, 3.05) is 0 Å². The van der Waals surface area contributed by atoms with Gasteiger partial charge in [-0.1, -0.05) is 20.3 Å². The predicted octanol–water partition coefficient (Wildman–Crippen LogP) is 1.24. The number of hydrogen-bond acceptors (Lipinski definition) is 2. The summed E-state index contributed by atoms with van der Waals surface area (Å²) in [7, 11) is -0.506. The van der Waals surface area contributed by atoms with Crippen molar-refractivity contribution in [2.45, 2.75) is 39.2 Å². The normalized spacial score (nSPS) is 10.6. The second kappa shape index (κ2) is 6.80. The molecule has 0 fully saturated rings. The third-order valence-electron chi connectivity index (χ3n) is 1.22. The Hall–Kier alpha value is -0.313.